The number of rotatable bonds is 4. The topological polar surface area (TPSA) is 92.3 Å². The number of fused-ring (bicyclic) bond motifs is 1. The van der Waals surface area contributed by atoms with E-state index in [9.17, 15) is 4.79 Å². The number of ether oxygens (including phenoxy) is 1. The van der Waals surface area contributed by atoms with E-state index >= 15 is 0 Å². The average Bonchev–Trinajstić information content (AvgIpc) is 3.15. The molecule has 0 radical (unpaired) electrons. The van der Waals surface area contributed by atoms with Crippen LogP contribution in [0.1, 0.15) is 15.9 Å². The van der Waals surface area contributed by atoms with E-state index in [-0.39, 0.29) is 5.91 Å². The quantitative estimate of drug-likeness (QED) is 0.594. The summed E-state index contributed by atoms with van der Waals surface area (Å²) in [6, 6.07) is 19.7. The van der Waals surface area contributed by atoms with E-state index in [0.29, 0.717) is 22.6 Å². The molecule has 0 saturated carbocycles. The van der Waals surface area contributed by atoms with Crippen LogP contribution < -0.4 is 10.1 Å². The molecular weight excluding hydrogens is 354 g/mol. The first-order valence-electron chi connectivity index (χ1n) is 8.48. The number of nitriles is 1. The number of amides is 1. The maximum Gasteiger partial charge on any atom is 0.256 e. The Kier molecular flexibility index (Phi) is 4.44. The summed E-state index contributed by atoms with van der Waals surface area (Å²) in [7, 11) is 1.62. The maximum atomic E-state index is 12.4. The Morgan fingerprint density at radius 2 is 1.82 bits per heavy atom. The molecule has 136 valence electrons. The molecule has 4 aromatic rings. The van der Waals surface area contributed by atoms with Crippen molar-refractivity contribution in [1.82, 2.24) is 14.6 Å². The molecule has 7 heteroatoms. The molecular formula is C21H15N5O2. The SMILES string of the molecule is COc1ccc(-c2ccc3nc(NC(=O)c4ccc(C#N)cc4)cn3n2)cc1. The molecule has 0 aliphatic carbocycles. The largest absolute Gasteiger partial charge is 0.497 e. The second-order valence-electron chi connectivity index (χ2n) is 6.02. The van der Waals surface area contributed by atoms with E-state index in [1.54, 1.807) is 42.1 Å². The van der Waals surface area contributed by atoms with Crippen LogP contribution in [-0.2, 0) is 0 Å². The van der Waals surface area contributed by atoms with Crippen molar-refractivity contribution >= 4 is 17.4 Å². The van der Waals surface area contributed by atoms with E-state index in [2.05, 4.69) is 15.4 Å². The lowest BCUT2D eigenvalue weighted by Crippen LogP contribution is -2.11. The van der Waals surface area contributed by atoms with Gasteiger partial charge < -0.3 is 10.1 Å². The van der Waals surface area contributed by atoms with Gasteiger partial charge >= 0.3 is 0 Å². The Morgan fingerprint density at radius 1 is 1.07 bits per heavy atom. The predicted molar refractivity (Wildman–Crippen MR) is 104 cm³/mol. The highest BCUT2D eigenvalue weighted by Crippen LogP contribution is 2.21. The van der Waals surface area contributed by atoms with Gasteiger partial charge in [0, 0.05) is 11.1 Å². The van der Waals surface area contributed by atoms with Crippen molar-refractivity contribution in [2.24, 2.45) is 0 Å². The van der Waals surface area contributed by atoms with Gasteiger partial charge in [0.25, 0.3) is 5.91 Å². The van der Waals surface area contributed by atoms with Gasteiger partial charge in [0.1, 0.15) is 5.75 Å². The number of hydrogen-bond donors (Lipinski definition) is 1. The summed E-state index contributed by atoms with van der Waals surface area (Å²) >= 11 is 0. The zero-order chi connectivity index (χ0) is 19.5. The van der Waals surface area contributed by atoms with Crippen molar-refractivity contribution in [2.45, 2.75) is 0 Å². The number of methoxy groups -OCH3 is 1. The van der Waals surface area contributed by atoms with Gasteiger partial charge in [-0.25, -0.2) is 9.50 Å². The molecule has 0 unspecified atom stereocenters. The first-order valence-corrected chi connectivity index (χ1v) is 8.48. The third-order valence-corrected chi connectivity index (χ3v) is 4.22. The monoisotopic (exact) mass is 369 g/mol. The molecule has 28 heavy (non-hydrogen) atoms. The summed E-state index contributed by atoms with van der Waals surface area (Å²) in [4.78, 5) is 16.7. The number of carbonyl (C=O) groups excluding carboxylic acids is 1. The predicted octanol–water partition coefficient (Wildman–Crippen LogP) is 3.53. The number of nitrogens with one attached hydrogen (secondary N) is 1. The number of anilines is 1. The molecule has 1 amide bonds. The first kappa shape index (κ1) is 17.2. The van der Waals surface area contributed by atoms with Gasteiger partial charge in [-0.05, 0) is 60.7 Å². The molecule has 4 rings (SSSR count). The number of aromatic nitrogens is 3. The Morgan fingerprint density at radius 3 is 2.50 bits per heavy atom. The van der Waals surface area contributed by atoms with Crippen LogP contribution in [0.3, 0.4) is 0 Å². The molecule has 0 atom stereocenters. The molecule has 0 saturated heterocycles. The second kappa shape index (κ2) is 7.21. The molecule has 2 aromatic heterocycles. The summed E-state index contributed by atoms with van der Waals surface area (Å²) in [6.07, 6.45) is 1.66. The van der Waals surface area contributed by atoms with Crippen molar-refractivity contribution in [3.8, 4) is 23.1 Å². The molecule has 0 aliphatic heterocycles. The number of carbonyl (C=O) groups is 1. The fourth-order valence-electron chi connectivity index (χ4n) is 2.74. The average molecular weight is 369 g/mol. The van der Waals surface area contributed by atoms with Crippen LogP contribution >= 0.6 is 0 Å². The lowest BCUT2D eigenvalue weighted by atomic mass is 10.1. The minimum atomic E-state index is -0.303. The summed E-state index contributed by atoms with van der Waals surface area (Å²) in [5.41, 5.74) is 3.28. The first-order chi connectivity index (χ1) is 13.7. The molecule has 1 N–H and O–H groups in total. The minimum absolute atomic E-state index is 0.303. The highest BCUT2D eigenvalue weighted by atomic mass is 16.5. The zero-order valence-corrected chi connectivity index (χ0v) is 15.0. The molecule has 2 heterocycles. The molecule has 0 spiro atoms. The standard InChI is InChI=1S/C21H15N5O2/c1-28-17-8-6-15(7-9-17)18-10-11-20-23-19(13-26(20)25-18)24-21(27)16-4-2-14(12-22)3-5-16/h2-11,13H,1H3,(H,24,27). The van der Waals surface area contributed by atoms with Crippen molar-refractivity contribution in [3.05, 3.63) is 78.0 Å². The number of hydrogen-bond acceptors (Lipinski definition) is 5. The third-order valence-electron chi connectivity index (χ3n) is 4.22. The third kappa shape index (κ3) is 3.39. The fraction of sp³-hybridized carbons (Fsp3) is 0.0476. The van der Waals surface area contributed by atoms with Crippen LogP contribution in [-0.4, -0.2) is 27.6 Å². The molecule has 7 nitrogen and oxygen atoms in total. The van der Waals surface area contributed by atoms with Gasteiger partial charge in [0.05, 0.1) is 30.6 Å². The zero-order valence-electron chi connectivity index (χ0n) is 15.0. The Labute approximate surface area is 160 Å². The minimum Gasteiger partial charge on any atom is -0.497 e. The van der Waals surface area contributed by atoms with E-state index in [1.807, 2.05) is 42.5 Å². The Hall–Kier alpha value is -4.18. The van der Waals surface area contributed by atoms with Crippen molar-refractivity contribution in [2.75, 3.05) is 12.4 Å². The van der Waals surface area contributed by atoms with Gasteiger partial charge in [0.15, 0.2) is 11.5 Å². The van der Waals surface area contributed by atoms with E-state index in [0.717, 1.165) is 17.0 Å². The van der Waals surface area contributed by atoms with Crippen molar-refractivity contribution in [1.29, 1.82) is 5.26 Å². The fourth-order valence-corrected chi connectivity index (χ4v) is 2.74. The number of benzene rings is 2. The smallest absolute Gasteiger partial charge is 0.256 e. The van der Waals surface area contributed by atoms with Gasteiger partial charge in [0.2, 0.25) is 0 Å². The van der Waals surface area contributed by atoms with E-state index in [4.69, 9.17) is 10.00 Å². The van der Waals surface area contributed by atoms with Gasteiger partial charge in [-0.3, -0.25) is 4.79 Å². The maximum absolute atomic E-state index is 12.4. The lowest BCUT2D eigenvalue weighted by molar-refractivity contribution is 0.102. The van der Waals surface area contributed by atoms with E-state index in [1.165, 1.54) is 0 Å². The Bertz CT molecular complexity index is 1190. The van der Waals surface area contributed by atoms with Crippen LogP contribution in [0, 0.1) is 11.3 Å². The van der Waals surface area contributed by atoms with Crippen molar-refractivity contribution in [3.63, 3.8) is 0 Å². The lowest BCUT2D eigenvalue weighted by Gasteiger charge is -2.03. The molecule has 0 fully saturated rings. The van der Waals surface area contributed by atoms with Crippen LogP contribution in [0.5, 0.6) is 5.75 Å². The number of imidazole rings is 1. The summed E-state index contributed by atoms with van der Waals surface area (Å²) < 4.78 is 6.79. The van der Waals surface area contributed by atoms with Crippen LogP contribution in [0.25, 0.3) is 16.9 Å². The molecule has 0 bridgehead atoms. The summed E-state index contributed by atoms with van der Waals surface area (Å²) in [6.45, 7) is 0. The second-order valence-corrected chi connectivity index (χ2v) is 6.02. The molecule has 2 aromatic carbocycles. The summed E-state index contributed by atoms with van der Waals surface area (Å²) in [5.74, 6) is 0.872. The van der Waals surface area contributed by atoms with E-state index < -0.39 is 0 Å². The normalized spacial score (nSPS) is 10.4. The summed E-state index contributed by atoms with van der Waals surface area (Å²) in [5, 5.41) is 16.1. The van der Waals surface area contributed by atoms with Crippen LogP contribution in [0.4, 0.5) is 5.82 Å². The number of nitrogens with zero attached hydrogens (tertiary/aromatic N) is 4. The molecule has 0 aliphatic rings. The van der Waals surface area contributed by atoms with Crippen LogP contribution in [0.15, 0.2) is 66.9 Å². The van der Waals surface area contributed by atoms with Crippen LogP contribution in [0.2, 0.25) is 0 Å². The Balaban J connectivity index is 1.57. The highest BCUT2D eigenvalue weighted by molar-refractivity contribution is 6.03. The highest BCUT2D eigenvalue weighted by Gasteiger charge is 2.10. The van der Waals surface area contributed by atoms with Crippen molar-refractivity contribution < 1.29 is 9.53 Å². The van der Waals surface area contributed by atoms with Gasteiger partial charge in [-0.1, -0.05) is 0 Å². The van der Waals surface area contributed by atoms with Gasteiger partial charge in [-0.2, -0.15) is 10.4 Å². The van der Waals surface area contributed by atoms with Gasteiger partial charge in [-0.15, -0.1) is 0 Å².